The third kappa shape index (κ3) is 3.61. The number of benzene rings is 1. The Morgan fingerprint density at radius 1 is 1.52 bits per heavy atom. The number of aryl methyl sites for hydroxylation is 1. The van der Waals surface area contributed by atoms with Crippen molar-refractivity contribution in [2.75, 3.05) is 19.8 Å². The average molecular weight is 287 g/mol. The molecular weight excluding hydrogens is 266 g/mol. The maximum Gasteiger partial charge on any atom is 0.224 e. The highest BCUT2D eigenvalue weighted by Crippen LogP contribution is 2.16. The summed E-state index contributed by atoms with van der Waals surface area (Å²) in [4.78, 5) is 19.5. The van der Waals surface area contributed by atoms with E-state index >= 15 is 0 Å². The van der Waals surface area contributed by atoms with Crippen LogP contribution in [0.25, 0.3) is 11.0 Å². The van der Waals surface area contributed by atoms with Crippen LogP contribution in [-0.2, 0) is 16.0 Å². The van der Waals surface area contributed by atoms with E-state index in [9.17, 15) is 4.79 Å². The number of H-pyrrole nitrogens is 1. The van der Waals surface area contributed by atoms with Crippen LogP contribution < -0.4 is 5.32 Å². The molecule has 5 heteroatoms. The van der Waals surface area contributed by atoms with Crippen molar-refractivity contribution in [1.29, 1.82) is 0 Å². The number of hydrogen-bond acceptors (Lipinski definition) is 3. The average Bonchev–Trinajstić information content (AvgIpc) is 3.06. The lowest BCUT2D eigenvalue weighted by molar-refractivity contribution is -0.120. The van der Waals surface area contributed by atoms with E-state index in [0.29, 0.717) is 12.3 Å². The largest absolute Gasteiger partial charge is 0.381 e. The van der Waals surface area contributed by atoms with Gasteiger partial charge in [0.15, 0.2) is 0 Å². The topological polar surface area (TPSA) is 67.0 Å². The number of fused-ring (bicyclic) bond motifs is 1. The first-order chi connectivity index (χ1) is 10.2. The highest BCUT2D eigenvalue weighted by molar-refractivity contribution is 5.81. The van der Waals surface area contributed by atoms with Crippen molar-refractivity contribution < 1.29 is 9.53 Å². The molecule has 0 radical (unpaired) electrons. The van der Waals surface area contributed by atoms with E-state index in [-0.39, 0.29) is 5.91 Å². The first-order valence-electron chi connectivity index (χ1n) is 7.50. The summed E-state index contributed by atoms with van der Waals surface area (Å²) >= 11 is 0. The van der Waals surface area contributed by atoms with Crippen molar-refractivity contribution in [3.05, 3.63) is 29.6 Å². The van der Waals surface area contributed by atoms with Gasteiger partial charge in [-0.05, 0) is 43.4 Å². The third-order valence-corrected chi connectivity index (χ3v) is 3.93. The van der Waals surface area contributed by atoms with Crippen LogP contribution in [0, 0.1) is 12.8 Å². The molecule has 1 aliphatic rings. The number of nitrogens with one attached hydrogen (secondary N) is 2. The van der Waals surface area contributed by atoms with Crippen molar-refractivity contribution in [2.24, 2.45) is 5.92 Å². The third-order valence-electron chi connectivity index (χ3n) is 3.93. The minimum atomic E-state index is 0.0736. The molecule has 21 heavy (non-hydrogen) atoms. The van der Waals surface area contributed by atoms with Gasteiger partial charge in [0.2, 0.25) is 5.91 Å². The molecule has 2 aromatic rings. The molecular formula is C16H21N3O2. The zero-order valence-corrected chi connectivity index (χ0v) is 12.3. The van der Waals surface area contributed by atoms with Gasteiger partial charge < -0.3 is 15.0 Å². The van der Waals surface area contributed by atoms with Crippen LogP contribution in [0.15, 0.2) is 18.2 Å². The molecule has 0 bridgehead atoms. The quantitative estimate of drug-likeness (QED) is 0.883. The molecule has 1 aromatic carbocycles. The maximum absolute atomic E-state index is 12.0. The van der Waals surface area contributed by atoms with Crippen LogP contribution in [0.2, 0.25) is 0 Å². The summed E-state index contributed by atoms with van der Waals surface area (Å²) in [5, 5.41) is 2.99. The number of ether oxygens (including phenoxy) is 1. The Labute approximate surface area is 124 Å². The van der Waals surface area contributed by atoms with Gasteiger partial charge in [0, 0.05) is 19.8 Å². The summed E-state index contributed by atoms with van der Waals surface area (Å²) < 4.78 is 5.33. The van der Waals surface area contributed by atoms with Gasteiger partial charge in [-0.25, -0.2) is 4.98 Å². The predicted molar refractivity (Wildman–Crippen MR) is 81.1 cm³/mol. The molecule has 2 N–H and O–H groups in total. The number of imidazole rings is 1. The van der Waals surface area contributed by atoms with Crippen molar-refractivity contribution >= 4 is 16.9 Å². The molecule has 1 aliphatic heterocycles. The second kappa shape index (κ2) is 6.26. The lowest BCUT2D eigenvalue weighted by atomic mass is 10.1. The van der Waals surface area contributed by atoms with E-state index in [1.807, 2.05) is 25.1 Å². The highest BCUT2D eigenvalue weighted by atomic mass is 16.5. The van der Waals surface area contributed by atoms with Crippen molar-refractivity contribution in [2.45, 2.75) is 26.2 Å². The van der Waals surface area contributed by atoms with E-state index in [0.717, 1.165) is 55.0 Å². The molecule has 1 saturated heterocycles. The standard InChI is InChI=1S/C16H21N3O2/c1-11-18-14-3-2-13(8-15(14)19-11)9-16(20)17-6-4-12-5-7-21-10-12/h2-3,8,12H,4-7,9-10H2,1H3,(H,17,20)(H,18,19). The number of hydrogen-bond donors (Lipinski definition) is 2. The van der Waals surface area contributed by atoms with E-state index in [2.05, 4.69) is 15.3 Å². The molecule has 1 atom stereocenters. The van der Waals surface area contributed by atoms with Gasteiger partial charge >= 0.3 is 0 Å². The van der Waals surface area contributed by atoms with Gasteiger partial charge in [0.1, 0.15) is 5.82 Å². The van der Waals surface area contributed by atoms with Crippen molar-refractivity contribution in [3.63, 3.8) is 0 Å². The minimum absolute atomic E-state index is 0.0736. The van der Waals surface area contributed by atoms with Crippen LogP contribution in [-0.4, -0.2) is 35.6 Å². The SMILES string of the molecule is Cc1nc2ccc(CC(=O)NCCC3CCOC3)cc2[nH]1. The Kier molecular flexibility index (Phi) is 4.20. The summed E-state index contributed by atoms with van der Waals surface area (Å²) in [6, 6.07) is 5.92. The van der Waals surface area contributed by atoms with E-state index in [1.165, 1.54) is 0 Å². The Morgan fingerprint density at radius 2 is 2.43 bits per heavy atom. The molecule has 112 valence electrons. The van der Waals surface area contributed by atoms with Gasteiger partial charge in [-0.2, -0.15) is 0 Å². The van der Waals surface area contributed by atoms with Crippen LogP contribution in [0.4, 0.5) is 0 Å². The number of nitrogens with zero attached hydrogens (tertiary/aromatic N) is 1. The zero-order valence-electron chi connectivity index (χ0n) is 12.3. The van der Waals surface area contributed by atoms with Crippen LogP contribution in [0.5, 0.6) is 0 Å². The smallest absolute Gasteiger partial charge is 0.224 e. The molecule has 0 saturated carbocycles. The Morgan fingerprint density at radius 3 is 3.24 bits per heavy atom. The monoisotopic (exact) mass is 287 g/mol. The van der Waals surface area contributed by atoms with E-state index in [4.69, 9.17) is 4.74 Å². The number of aromatic amines is 1. The first-order valence-corrected chi connectivity index (χ1v) is 7.50. The van der Waals surface area contributed by atoms with E-state index in [1.54, 1.807) is 0 Å². The van der Waals surface area contributed by atoms with Gasteiger partial charge in [-0.3, -0.25) is 4.79 Å². The summed E-state index contributed by atoms with van der Waals surface area (Å²) in [7, 11) is 0. The molecule has 1 fully saturated rings. The van der Waals surface area contributed by atoms with Gasteiger partial charge in [-0.15, -0.1) is 0 Å². The fraction of sp³-hybridized carbons (Fsp3) is 0.500. The van der Waals surface area contributed by atoms with E-state index < -0.39 is 0 Å². The highest BCUT2D eigenvalue weighted by Gasteiger charge is 2.15. The van der Waals surface area contributed by atoms with Crippen LogP contribution in [0.1, 0.15) is 24.2 Å². The Bertz CT molecular complexity index is 629. The van der Waals surface area contributed by atoms with Crippen LogP contribution >= 0.6 is 0 Å². The first kappa shape index (κ1) is 14.1. The molecule has 1 aromatic heterocycles. The number of carbonyl (C=O) groups is 1. The molecule has 5 nitrogen and oxygen atoms in total. The van der Waals surface area contributed by atoms with Gasteiger partial charge in [0.25, 0.3) is 0 Å². The number of rotatable bonds is 5. The second-order valence-electron chi connectivity index (χ2n) is 5.72. The fourth-order valence-corrected chi connectivity index (χ4v) is 2.77. The molecule has 1 amide bonds. The second-order valence-corrected chi connectivity index (χ2v) is 5.72. The lowest BCUT2D eigenvalue weighted by Gasteiger charge is -2.08. The molecule has 0 aliphatic carbocycles. The minimum Gasteiger partial charge on any atom is -0.381 e. The summed E-state index contributed by atoms with van der Waals surface area (Å²) in [5.41, 5.74) is 2.94. The Hall–Kier alpha value is -1.88. The lowest BCUT2D eigenvalue weighted by Crippen LogP contribution is -2.27. The maximum atomic E-state index is 12.0. The van der Waals surface area contributed by atoms with Gasteiger partial charge in [0.05, 0.1) is 17.5 Å². The zero-order chi connectivity index (χ0) is 14.7. The Balaban J connectivity index is 1.50. The number of aromatic nitrogens is 2. The molecule has 3 rings (SSSR count). The van der Waals surface area contributed by atoms with Crippen molar-refractivity contribution in [1.82, 2.24) is 15.3 Å². The fourth-order valence-electron chi connectivity index (χ4n) is 2.77. The molecule has 1 unspecified atom stereocenters. The normalized spacial score (nSPS) is 18.2. The summed E-state index contributed by atoms with van der Waals surface area (Å²) in [6.07, 6.45) is 2.53. The molecule has 0 spiro atoms. The summed E-state index contributed by atoms with van der Waals surface area (Å²) in [6.45, 7) is 4.37. The number of carbonyl (C=O) groups excluding carboxylic acids is 1. The van der Waals surface area contributed by atoms with Crippen LogP contribution in [0.3, 0.4) is 0 Å². The predicted octanol–water partition coefficient (Wildman–Crippen LogP) is 1.96. The van der Waals surface area contributed by atoms with Crippen molar-refractivity contribution in [3.8, 4) is 0 Å². The molecule has 2 heterocycles. The summed E-state index contributed by atoms with van der Waals surface area (Å²) in [5.74, 6) is 1.57. The number of amides is 1. The van der Waals surface area contributed by atoms with Gasteiger partial charge in [-0.1, -0.05) is 6.07 Å².